The Morgan fingerprint density at radius 2 is 1.53 bits per heavy atom. The summed E-state index contributed by atoms with van der Waals surface area (Å²) < 4.78 is 24.3. The van der Waals surface area contributed by atoms with Crippen LogP contribution in [0, 0.1) is 11.3 Å². The number of benzene rings is 2. The molecule has 0 saturated carbocycles. The smallest absolute Gasteiger partial charge is 0.158 e. The number of nitriles is 1. The Morgan fingerprint density at radius 1 is 0.895 bits per heavy atom. The number of hydrogen-bond donors (Lipinski definition) is 0. The van der Waals surface area contributed by atoms with Gasteiger partial charge >= 0.3 is 0 Å². The highest BCUT2D eigenvalue weighted by Gasteiger charge is 2.15. The zero-order chi connectivity index (χ0) is 13.7. The molecule has 0 radical (unpaired) electrons. The molecule has 0 bridgehead atoms. The maximum atomic E-state index is 12.1. The summed E-state index contributed by atoms with van der Waals surface area (Å²) >= 11 is 0. The highest BCUT2D eigenvalue weighted by atomic mass is 32.2. The van der Waals surface area contributed by atoms with Crippen molar-refractivity contribution >= 4 is 9.84 Å². The molecule has 0 aliphatic rings. The lowest BCUT2D eigenvalue weighted by molar-refractivity contribution is 0.594. The van der Waals surface area contributed by atoms with Gasteiger partial charge < -0.3 is 0 Å². The lowest BCUT2D eigenvalue weighted by Crippen LogP contribution is -2.08. The molecule has 0 saturated heterocycles. The number of hydrogen-bond acceptors (Lipinski definition) is 3. The maximum absolute atomic E-state index is 12.1. The maximum Gasteiger partial charge on any atom is 0.158 e. The van der Waals surface area contributed by atoms with Gasteiger partial charge in [0.1, 0.15) is 0 Å². The molecule has 0 spiro atoms. The van der Waals surface area contributed by atoms with E-state index in [9.17, 15) is 8.42 Å². The number of sulfone groups is 1. The molecule has 0 aromatic heterocycles. The number of rotatable bonds is 4. The molecule has 2 rings (SSSR count). The van der Waals surface area contributed by atoms with E-state index >= 15 is 0 Å². The summed E-state index contributed by atoms with van der Waals surface area (Å²) in [7, 11) is -3.27. The minimum atomic E-state index is -3.27. The topological polar surface area (TPSA) is 57.9 Å². The summed E-state index contributed by atoms with van der Waals surface area (Å²) in [5.74, 6) is -0.112. The second-order valence-corrected chi connectivity index (χ2v) is 6.35. The zero-order valence-corrected chi connectivity index (χ0v) is 11.1. The van der Waals surface area contributed by atoms with Gasteiger partial charge in [0.25, 0.3) is 0 Å². The van der Waals surface area contributed by atoms with Crippen LogP contribution in [-0.2, 0) is 21.3 Å². The number of nitrogens with zero attached hydrogens (tertiary/aromatic N) is 1. The fourth-order valence-corrected chi connectivity index (χ4v) is 3.40. The van der Waals surface area contributed by atoms with E-state index in [1.165, 1.54) is 0 Å². The van der Waals surface area contributed by atoms with Crippen LogP contribution in [0.4, 0.5) is 0 Å². The van der Waals surface area contributed by atoms with E-state index in [4.69, 9.17) is 5.26 Å². The first kappa shape index (κ1) is 13.3. The Balaban J connectivity index is 2.21. The Labute approximate surface area is 113 Å². The van der Waals surface area contributed by atoms with E-state index < -0.39 is 9.84 Å². The third-order valence-electron chi connectivity index (χ3n) is 2.74. The third-order valence-corrected chi connectivity index (χ3v) is 4.27. The highest BCUT2D eigenvalue weighted by molar-refractivity contribution is 7.89. The van der Waals surface area contributed by atoms with Crippen LogP contribution in [0.1, 0.15) is 16.7 Å². The van der Waals surface area contributed by atoms with Crippen molar-refractivity contribution in [3.63, 3.8) is 0 Å². The predicted octanol–water partition coefficient (Wildman–Crippen LogP) is 2.67. The van der Waals surface area contributed by atoms with E-state index in [0.717, 1.165) is 5.56 Å². The van der Waals surface area contributed by atoms with Gasteiger partial charge in [0, 0.05) is 0 Å². The Kier molecular flexibility index (Phi) is 3.98. The molecule has 0 heterocycles. The van der Waals surface area contributed by atoms with Crippen molar-refractivity contribution in [2.75, 3.05) is 0 Å². The second kappa shape index (κ2) is 5.68. The average molecular weight is 271 g/mol. The van der Waals surface area contributed by atoms with Crippen molar-refractivity contribution in [3.05, 3.63) is 71.3 Å². The van der Waals surface area contributed by atoms with Crippen LogP contribution < -0.4 is 0 Å². The molecule has 0 atom stereocenters. The molecule has 0 fully saturated rings. The molecule has 0 amide bonds. The van der Waals surface area contributed by atoms with Crippen LogP contribution in [0.2, 0.25) is 0 Å². The molecule has 4 heteroatoms. The summed E-state index contributed by atoms with van der Waals surface area (Å²) in [6.45, 7) is 0. The summed E-state index contributed by atoms with van der Waals surface area (Å²) in [5, 5.41) is 8.96. The van der Waals surface area contributed by atoms with Crippen LogP contribution in [-0.4, -0.2) is 8.42 Å². The largest absolute Gasteiger partial charge is 0.228 e. The van der Waals surface area contributed by atoms with E-state index in [-0.39, 0.29) is 11.5 Å². The van der Waals surface area contributed by atoms with E-state index in [2.05, 4.69) is 0 Å². The van der Waals surface area contributed by atoms with Gasteiger partial charge in [-0.2, -0.15) is 5.26 Å². The molecular formula is C15H13NO2S. The molecule has 2 aromatic rings. The van der Waals surface area contributed by atoms with Gasteiger partial charge in [-0.1, -0.05) is 48.5 Å². The van der Waals surface area contributed by atoms with Gasteiger partial charge in [-0.3, -0.25) is 0 Å². The normalized spacial score (nSPS) is 10.9. The third kappa shape index (κ3) is 3.67. The SMILES string of the molecule is N#Cc1ccccc1CS(=O)(=O)Cc1ccccc1. The minimum absolute atomic E-state index is 0.00635. The fraction of sp³-hybridized carbons (Fsp3) is 0.133. The van der Waals surface area contributed by atoms with Crippen LogP contribution in [0.25, 0.3) is 0 Å². The first-order valence-corrected chi connectivity index (χ1v) is 7.65. The molecular weight excluding hydrogens is 258 g/mol. The first-order chi connectivity index (χ1) is 9.11. The van der Waals surface area contributed by atoms with Gasteiger partial charge in [-0.05, 0) is 17.2 Å². The van der Waals surface area contributed by atoms with Crippen LogP contribution in [0.15, 0.2) is 54.6 Å². The highest BCUT2D eigenvalue weighted by Crippen LogP contribution is 2.15. The van der Waals surface area contributed by atoms with Crippen molar-refractivity contribution in [2.24, 2.45) is 0 Å². The average Bonchev–Trinajstić information content (AvgIpc) is 2.39. The van der Waals surface area contributed by atoms with Crippen molar-refractivity contribution in [1.82, 2.24) is 0 Å². The van der Waals surface area contributed by atoms with Gasteiger partial charge in [-0.25, -0.2) is 8.42 Å². The summed E-state index contributed by atoms with van der Waals surface area (Å²) in [6, 6.07) is 17.9. The van der Waals surface area contributed by atoms with Crippen molar-refractivity contribution in [3.8, 4) is 6.07 Å². The molecule has 0 unspecified atom stereocenters. The van der Waals surface area contributed by atoms with Gasteiger partial charge in [0.15, 0.2) is 9.84 Å². The van der Waals surface area contributed by atoms with Gasteiger partial charge in [0.05, 0.1) is 23.1 Å². The van der Waals surface area contributed by atoms with Crippen LogP contribution in [0.5, 0.6) is 0 Å². The van der Waals surface area contributed by atoms with E-state index in [1.807, 2.05) is 24.3 Å². The first-order valence-electron chi connectivity index (χ1n) is 5.83. The van der Waals surface area contributed by atoms with Gasteiger partial charge in [-0.15, -0.1) is 0 Å². The summed E-state index contributed by atoms with van der Waals surface area (Å²) in [4.78, 5) is 0. The Hall–Kier alpha value is -2.12. The van der Waals surface area contributed by atoms with E-state index in [1.54, 1.807) is 36.4 Å². The second-order valence-electron chi connectivity index (χ2n) is 4.29. The molecule has 0 aliphatic carbocycles. The molecule has 19 heavy (non-hydrogen) atoms. The summed E-state index contributed by atoms with van der Waals surface area (Å²) in [6.07, 6.45) is 0. The Morgan fingerprint density at radius 3 is 2.21 bits per heavy atom. The lowest BCUT2D eigenvalue weighted by atomic mass is 10.1. The van der Waals surface area contributed by atoms with Crippen LogP contribution >= 0.6 is 0 Å². The van der Waals surface area contributed by atoms with Crippen LogP contribution in [0.3, 0.4) is 0 Å². The molecule has 2 aromatic carbocycles. The van der Waals surface area contributed by atoms with Crippen molar-refractivity contribution in [2.45, 2.75) is 11.5 Å². The molecule has 3 nitrogen and oxygen atoms in total. The molecule has 0 N–H and O–H groups in total. The van der Waals surface area contributed by atoms with Crippen molar-refractivity contribution < 1.29 is 8.42 Å². The standard InChI is InChI=1S/C15H13NO2S/c16-10-14-8-4-5-9-15(14)12-19(17,18)11-13-6-2-1-3-7-13/h1-9H,11-12H2. The van der Waals surface area contributed by atoms with E-state index in [0.29, 0.717) is 11.1 Å². The molecule has 0 aliphatic heterocycles. The van der Waals surface area contributed by atoms with Crippen molar-refractivity contribution in [1.29, 1.82) is 5.26 Å². The summed E-state index contributed by atoms with van der Waals surface area (Å²) in [5.41, 5.74) is 1.73. The Bertz CT molecular complexity index is 700. The van der Waals surface area contributed by atoms with Gasteiger partial charge in [0.2, 0.25) is 0 Å². The predicted molar refractivity (Wildman–Crippen MR) is 73.9 cm³/mol. The quantitative estimate of drug-likeness (QED) is 0.859. The molecule has 96 valence electrons. The fourth-order valence-electron chi connectivity index (χ4n) is 1.87. The lowest BCUT2D eigenvalue weighted by Gasteiger charge is -2.06. The minimum Gasteiger partial charge on any atom is -0.228 e. The zero-order valence-electron chi connectivity index (χ0n) is 10.3. The monoisotopic (exact) mass is 271 g/mol.